The third-order valence-electron chi connectivity index (χ3n) is 3.57. The summed E-state index contributed by atoms with van der Waals surface area (Å²) in [6.07, 6.45) is 1.78. The number of rotatable bonds is 5. The molecule has 0 bridgehead atoms. The monoisotopic (exact) mass is 336 g/mol. The third-order valence-corrected chi connectivity index (χ3v) is 3.57. The number of ether oxygens (including phenoxy) is 1. The van der Waals surface area contributed by atoms with Crippen molar-refractivity contribution in [2.45, 2.75) is 6.54 Å². The molecule has 0 saturated carbocycles. The predicted octanol–water partition coefficient (Wildman–Crippen LogP) is 4.26. The predicted molar refractivity (Wildman–Crippen MR) is 93.1 cm³/mol. The molecule has 0 radical (unpaired) electrons. The average molecular weight is 336 g/mol. The van der Waals surface area contributed by atoms with Gasteiger partial charge < -0.3 is 14.9 Å². The summed E-state index contributed by atoms with van der Waals surface area (Å²) in [6.45, 7) is -0.0289. The SMILES string of the molecule is O=C(O)N(Cc1ccccc1O)c1cnccc1Oc1ccccc1. The topological polar surface area (TPSA) is 82.9 Å². The zero-order valence-electron chi connectivity index (χ0n) is 13.2. The number of phenolic OH excluding ortho intramolecular Hbond substituents is 1. The van der Waals surface area contributed by atoms with E-state index in [-0.39, 0.29) is 12.3 Å². The number of aromatic nitrogens is 1. The van der Waals surface area contributed by atoms with Crippen LogP contribution >= 0.6 is 0 Å². The molecule has 3 aromatic rings. The molecule has 1 amide bonds. The number of amides is 1. The van der Waals surface area contributed by atoms with Crippen molar-refractivity contribution in [3.63, 3.8) is 0 Å². The third kappa shape index (κ3) is 3.87. The van der Waals surface area contributed by atoms with E-state index in [9.17, 15) is 15.0 Å². The van der Waals surface area contributed by atoms with Gasteiger partial charge in [0.1, 0.15) is 17.2 Å². The van der Waals surface area contributed by atoms with Gasteiger partial charge in [-0.2, -0.15) is 0 Å². The molecule has 0 fully saturated rings. The minimum atomic E-state index is -1.17. The Balaban J connectivity index is 1.94. The van der Waals surface area contributed by atoms with Crippen LogP contribution in [-0.2, 0) is 6.54 Å². The number of phenols is 1. The molecule has 1 heterocycles. The summed E-state index contributed by atoms with van der Waals surface area (Å²) < 4.78 is 5.80. The van der Waals surface area contributed by atoms with Gasteiger partial charge in [0.15, 0.2) is 5.75 Å². The van der Waals surface area contributed by atoms with Crippen LogP contribution in [0.3, 0.4) is 0 Å². The number of hydrogen-bond donors (Lipinski definition) is 2. The number of hydrogen-bond acceptors (Lipinski definition) is 4. The number of pyridine rings is 1. The molecule has 0 unspecified atom stereocenters. The zero-order valence-corrected chi connectivity index (χ0v) is 13.2. The summed E-state index contributed by atoms with van der Waals surface area (Å²) in [5.41, 5.74) is 0.779. The zero-order chi connectivity index (χ0) is 17.6. The molecule has 126 valence electrons. The number of anilines is 1. The number of nitrogens with zero attached hydrogens (tertiary/aromatic N) is 2. The van der Waals surface area contributed by atoms with Crippen LogP contribution in [0.15, 0.2) is 73.1 Å². The van der Waals surface area contributed by atoms with Crippen LogP contribution in [0.5, 0.6) is 17.2 Å². The minimum absolute atomic E-state index is 0.0289. The van der Waals surface area contributed by atoms with E-state index in [1.54, 1.807) is 36.4 Å². The van der Waals surface area contributed by atoms with Crippen LogP contribution in [0.4, 0.5) is 10.5 Å². The second-order valence-electron chi connectivity index (χ2n) is 5.26. The number of carbonyl (C=O) groups is 1. The van der Waals surface area contributed by atoms with Gasteiger partial charge >= 0.3 is 6.09 Å². The van der Waals surface area contributed by atoms with Gasteiger partial charge in [-0.15, -0.1) is 0 Å². The van der Waals surface area contributed by atoms with Crippen LogP contribution in [0.2, 0.25) is 0 Å². The van der Waals surface area contributed by atoms with Gasteiger partial charge in [0, 0.05) is 17.8 Å². The first-order chi connectivity index (χ1) is 12.1. The van der Waals surface area contributed by atoms with Crippen molar-refractivity contribution < 1.29 is 19.7 Å². The first-order valence-electron chi connectivity index (χ1n) is 7.59. The quantitative estimate of drug-likeness (QED) is 0.727. The lowest BCUT2D eigenvalue weighted by molar-refractivity contribution is 0.201. The molecule has 0 aliphatic carbocycles. The van der Waals surface area contributed by atoms with Crippen molar-refractivity contribution in [1.29, 1.82) is 0 Å². The summed E-state index contributed by atoms with van der Waals surface area (Å²) in [7, 11) is 0. The fourth-order valence-corrected chi connectivity index (χ4v) is 2.35. The maximum absolute atomic E-state index is 11.8. The first-order valence-corrected chi connectivity index (χ1v) is 7.59. The Morgan fingerprint density at radius 3 is 2.48 bits per heavy atom. The summed E-state index contributed by atoms with van der Waals surface area (Å²) in [6, 6.07) is 17.3. The van der Waals surface area contributed by atoms with Crippen molar-refractivity contribution in [3.05, 3.63) is 78.6 Å². The van der Waals surface area contributed by atoms with Crippen LogP contribution in [0.1, 0.15) is 5.56 Å². The Morgan fingerprint density at radius 2 is 1.76 bits per heavy atom. The Labute approximate surface area is 144 Å². The molecule has 25 heavy (non-hydrogen) atoms. The molecule has 0 aliphatic rings. The van der Waals surface area contributed by atoms with E-state index in [1.807, 2.05) is 18.2 Å². The number of para-hydroxylation sites is 2. The molecular formula is C19H16N2O4. The lowest BCUT2D eigenvalue weighted by Crippen LogP contribution is -2.29. The average Bonchev–Trinajstić information content (AvgIpc) is 2.62. The lowest BCUT2D eigenvalue weighted by Gasteiger charge is -2.22. The molecule has 1 aromatic heterocycles. The Kier molecular flexibility index (Phi) is 4.80. The lowest BCUT2D eigenvalue weighted by atomic mass is 10.2. The highest BCUT2D eigenvalue weighted by Crippen LogP contribution is 2.33. The fourth-order valence-electron chi connectivity index (χ4n) is 2.35. The Morgan fingerprint density at radius 1 is 1.04 bits per heavy atom. The molecule has 3 rings (SSSR count). The van der Waals surface area contributed by atoms with Gasteiger partial charge in [-0.25, -0.2) is 4.79 Å². The van der Waals surface area contributed by atoms with Crippen molar-refractivity contribution in [1.82, 2.24) is 4.98 Å². The van der Waals surface area contributed by atoms with Crippen LogP contribution < -0.4 is 9.64 Å². The maximum Gasteiger partial charge on any atom is 0.412 e. The first kappa shape index (κ1) is 16.3. The Hall–Kier alpha value is -3.54. The summed E-state index contributed by atoms with van der Waals surface area (Å²) >= 11 is 0. The molecule has 0 aliphatic heterocycles. The molecule has 0 atom stereocenters. The van der Waals surface area contributed by atoms with Gasteiger partial charge in [0.05, 0.1) is 12.7 Å². The summed E-state index contributed by atoms with van der Waals surface area (Å²) in [5.74, 6) is 0.977. The van der Waals surface area contributed by atoms with Gasteiger partial charge in [-0.3, -0.25) is 9.88 Å². The maximum atomic E-state index is 11.8. The number of aromatic hydroxyl groups is 1. The summed E-state index contributed by atoms with van der Waals surface area (Å²) in [4.78, 5) is 16.9. The fraction of sp³-hybridized carbons (Fsp3) is 0.0526. The van der Waals surface area contributed by atoms with Crippen LogP contribution in [0, 0.1) is 0 Å². The molecule has 0 spiro atoms. The number of benzene rings is 2. The smallest absolute Gasteiger partial charge is 0.412 e. The molecule has 2 aromatic carbocycles. The highest BCUT2D eigenvalue weighted by atomic mass is 16.5. The molecular weight excluding hydrogens is 320 g/mol. The van der Waals surface area contributed by atoms with E-state index in [4.69, 9.17) is 4.74 Å². The molecule has 0 saturated heterocycles. The van der Waals surface area contributed by atoms with Crippen molar-refractivity contribution >= 4 is 11.8 Å². The molecule has 6 nitrogen and oxygen atoms in total. The van der Waals surface area contributed by atoms with E-state index in [0.29, 0.717) is 22.7 Å². The van der Waals surface area contributed by atoms with E-state index in [2.05, 4.69) is 4.98 Å². The number of carboxylic acid groups (broad SMARTS) is 1. The van der Waals surface area contributed by atoms with Crippen LogP contribution in [0.25, 0.3) is 0 Å². The largest absolute Gasteiger partial charge is 0.508 e. The standard InChI is InChI=1S/C19H16N2O4/c22-17-9-5-4-6-14(17)13-21(19(23)24)16-12-20-11-10-18(16)25-15-7-2-1-3-8-15/h1-12,22H,13H2,(H,23,24). The van der Waals surface area contributed by atoms with E-state index >= 15 is 0 Å². The molecule has 6 heteroatoms. The van der Waals surface area contributed by atoms with Crippen LogP contribution in [-0.4, -0.2) is 21.3 Å². The molecule has 2 N–H and O–H groups in total. The Bertz CT molecular complexity index is 868. The second kappa shape index (κ2) is 7.35. The van der Waals surface area contributed by atoms with Gasteiger partial charge in [0.2, 0.25) is 0 Å². The highest BCUT2D eigenvalue weighted by molar-refractivity contribution is 5.88. The normalized spacial score (nSPS) is 10.2. The highest BCUT2D eigenvalue weighted by Gasteiger charge is 2.21. The van der Waals surface area contributed by atoms with Crippen molar-refractivity contribution in [2.24, 2.45) is 0 Å². The van der Waals surface area contributed by atoms with Gasteiger partial charge in [-0.1, -0.05) is 36.4 Å². The van der Waals surface area contributed by atoms with E-state index in [1.165, 1.54) is 18.5 Å². The second-order valence-corrected chi connectivity index (χ2v) is 5.26. The van der Waals surface area contributed by atoms with E-state index in [0.717, 1.165) is 4.90 Å². The van der Waals surface area contributed by atoms with Crippen molar-refractivity contribution in [3.8, 4) is 17.2 Å². The summed E-state index contributed by atoms with van der Waals surface area (Å²) in [5, 5.41) is 19.6. The van der Waals surface area contributed by atoms with E-state index < -0.39 is 6.09 Å². The van der Waals surface area contributed by atoms with Gasteiger partial charge in [-0.05, 0) is 18.2 Å². The van der Waals surface area contributed by atoms with Crippen molar-refractivity contribution in [2.75, 3.05) is 4.90 Å². The minimum Gasteiger partial charge on any atom is -0.508 e. The van der Waals surface area contributed by atoms with Gasteiger partial charge in [0.25, 0.3) is 0 Å².